The van der Waals surface area contributed by atoms with Gasteiger partial charge in [-0.15, -0.1) is 23.2 Å². The van der Waals surface area contributed by atoms with E-state index < -0.39 is 0 Å². The molecule has 0 saturated carbocycles. The summed E-state index contributed by atoms with van der Waals surface area (Å²) in [6.07, 6.45) is -0.371. The SMILES string of the molecule is NC1NC(Cl)C(N)C(Cl)N1. The van der Waals surface area contributed by atoms with Gasteiger partial charge in [0, 0.05) is 0 Å². The molecule has 2 atom stereocenters. The highest BCUT2D eigenvalue weighted by molar-refractivity contribution is 6.24. The topological polar surface area (TPSA) is 76.1 Å². The number of rotatable bonds is 0. The maximum Gasteiger partial charge on any atom is 0.111 e. The first-order valence-electron chi connectivity index (χ1n) is 2.92. The van der Waals surface area contributed by atoms with Crippen LogP contribution in [0.2, 0.25) is 0 Å². The van der Waals surface area contributed by atoms with Crippen LogP contribution in [-0.4, -0.2) is 23.3 Å². The first-order chi connectivity index (χ1) is 4.61. The van der Waals surface area contributed by atoms with Crippen LogP contribution in [0.15, 0.2) is 0 Å². The fraction of sp³-hybridized carbons (Fsp3) is 1.00. The van der Waals surface area contributed by atoms with E-state index in [4.69, 9.17) is 34.7 Å². The summed E-state index contributed by atoms with van der Waals surface area (Å²) < 4.78 is 0. The van der Waals surface area contributed by atoms with Gasteiger partial charge >= 0.3 is 0 Å². The average Bonchev–Trinajstić information content (AvgIpc) is 1.82. The van der Waals surface area contributed by atoms with Crippen molar-refractivity contribution in [1.29, 1.82) is 0 Å². The van der Waals surface area contributed by atoms with Gasteiger partial charge in [0.2, 0.25) is 0 Å². The molecule has 2 unspecified atom stereocenters. The Morgan fingerprint density at radius 3 is 1.80 bits per heavy atom. The van der Waals surface area contributed by atoms with Crippen molar-refractivity contribution in [3.8, 4) is 0 Å². The molecule has 6 heteroatoms. The molecule has 1 heterocycles. The number of halogens is 2. The zero-order valence-corrected chi connectivity index (χ0v) is 6.73. The van der Waals surface area contributed by atoms with E-state index >= 15 is 0 Å². The van der Waals surface area contributed by atoms with Crippen LogP contribution in [-0.2, 0) is 0 Å². The van der Waals surface area contributed by atoms with Gasteiger partial charge in [-0.25, -0.2) is 0 Å². The third-order valence-electron chi connectivity index (χ3n) is 1.35. The summed E-state index contributed by atoms with van der Waals surface area (Å²) in [5.41, 5.74) is 10.2. The van der Waals surface area contributed by atoms with E-state index in [0.717, 1.165) is 0 Å². The van der Waals surface area contributed by atoms with Crippen molar-refractivity contribution in [2.75, 3.05) is 0 Å². The molecule has 0 bridgehead atoms. The monoisotopic (exact) mass is 184 g/mol. The van der Waals surface area contributed by atoms with Gasteiger partial charge in [-0.2, -0.15) is 0 Å². The minimum Gasteiger partial charge on any atom is -0.323 e. The summed E-state index contributed by atoms with van der Waals surface area (Å²) >= 11 is 11.4. The lowest BCUT2D eigenvalue weighted by atomic mass is 10.2. The maximum atomic E-state index is 5.72. The minimum atomic E-state index is -0.371. The van der Waals surface area contributed by atoms with Crippen LogP contribution in [0.5, 0.6) is 0 Å². The molecule has 10 heavy (non-hydrogen) atoms. The first kappa shape index (κ1) is 8.52. The van der Waals surface area contributed by atoms with Crippen molar-refractivity contribution in [2.24, 2.45) is 11.5 Å². The minimum absolute atomic E-state index is 0.317. The predicted molar refractivity (Wildman–Crippen MR) is 41.5 cm³/mol. The Morgan fingerprint density at radius 1 is 1.00 bits per heavy atom. The molecule has 0 aromatic carbocycles. The van der Waals surface area contributed by atoms with E-state index in [2.05, 4.69) is 10.6 Å². The Bertz CT molecular complexity index is 110. The molecular weight excluding hydrogens is 175 g/mol. The van der Waals surface area contributed by atoms with Gasteiger partial charge in [0.1, 0.15) is 17.3 Å². The molecule has 0 aromatic heterocycles. The van der Waals surface area contributed by atoms with Crippen LogP contribution in [0.3, 0.4) is 0 Å². The Hall–Kier alpha value is 0.420. The number of hydrogen-bond donors (Lipinski definition) is 4. The van der Waals surface area contributed by atoms with Crippen molar-refractivity contribution in [3.05, 3.63) is 0 Å². The second-order valence-corrected chi connectivity index (χ2v) is 3.13. The summed E-state index contributed by atoms with van der Waals surface area (Å²) in [6, 6.07) is -0.317. The molecule has 6 N–H and O–H groups in total. The number of nitrogens with one attached hydrogen (secondary N) is 2. The highest BCUT2D eigenvalue weighted by atomic mass is 35.5. The highest BCUT2D eigenvalue weighted by Crippen LogP contribution is 2.09. The van der Waals surface area contributed by atoms with Crippen molar-refractivity contribution in [1.82, 2.24) is 10.6 Å². The predicted octanol–water partition coefficient (Wildman–Crippen LogP) is -1.12. The lowest BCUT2D eigenvalue weighted by Gasteiger charge is -2.34. The van der Waals surface area contributed by atoms with E-state index in [0.29, 0.717) is 0 Å². The zero-order valence-electron chi connectivity index (χ0n) is 5.22. The fourth-order valence-electron chi connectivity index (χ4n) is 0.762. The van der Waals surface area contributed by atoms with Crippen molar-refractivity contribution in [3.63, 3.8) is 0 Å². The quantitative estimate of drug-likeness (QED) is 0.285. The number of alkyl halides is 2. The Balaban J connectivity index is 2.49. The van der Waals surface area contributed by atoms with E-state index in [1.807, 2.05) is 0 Å². The molecule has 1 fully saturated rings. The Labute approximate surface area is 69.2 Å². The van der Waals surface area contributed by atoms with Crippen LogP contribution >= 0.6 is 23.2 Å². The van der Waals surface area contributed by atoms with Gasteiger partial charge in [-0.3, -0.25) is 10.6 Å². The Kier molecular flexibility index (Phi) is 2.74. The Morgan fingerprint density at radius 2 is 1.40 bits per heavy atom. The second-order valence-electron chi connectivity index (χ2n) is 2.19. The molecule has 1 rings (SSSR count). The summed E-state index contributed by atoms with van der Waals surface area (Å²) in [5.74, 6) is 0. The molecular formula is C4H10Cl2N4. The third-order valence-corrected chi connectivity index (χ3v) is 2.19. The van der Waals surface area contributed by atoms with E-state index in [1.54, 1.807) is 0 Å². The first-order valence-corrected chi connectivity index (χ1v) is 3.80. The smallest absolute Gasteiger partial charge is 0.111 e. The van der Waals surface area contributed by atoms with Gasteiger partial charge in [-0.05, 0) is 0 Å². The molecule has 0 aliphatic carbocycles. The van der Waals surface area contributed by atoms with Crippen molar-refractivity contribution >= 4 is 23.2 Å². The van der Waals surface area contributed by atoms with Crippen LogP contribution in [0.1, 0.15) is 0 Å². The van der Waals surface area contributed by atoms with E-state index in [9.17, 15) is 0 Å². The standard InChI is InChI=1S/C4H10Cl2N4/c5-2-1(7)3(6)10-4(8)9-2/h1-4,9-10H,7-8H2. The number of hydrogen-bond acceptors (Lipinski definition) is 4. The lowest BCUT2D eigenvalue weighted by molar-refractivity contribution is 0.303. The van der Waals surface area contributed by atoms with Crippen LogP contribution < -0.4 is 22.1 Å². The summed E-state index contributed by atoms with van der Waals surface area (Å²) in [6.45, 7) is 0. The van der Waals surface area contributed by atoms with Gasteiger partial charge in [0.15, 0.2) is 0 Å². The summed E-state index contributed by atoms with van der Waals surface area (Å²) in [7, 11) is 0. The molecule has 1 aliphatic heterocycles. The normalized spacial score (nSPS) is 49.2. The molecule has 0 amide bonds. The molecule has 60 valence electrons. The van der Waals surface area contributed by atoms with Crippen molar-refractivity contribution < 1.29 is 0 Å². The van der Waals surface area contributed by atoms with Gasteiger partial charge in [0.25, 0.3) is 0 Å². The largest absolute Gasteiger partial charge is 0.323 e. The number of nitrogens with two attached hydrogens (primary N) is 2. The van der Waals surface area contributed by atoms with Crippen LogP contribution in [0.4, 0.5) is 0 Å². The summed E-state index contributed by atoms with van der Waals surface area (Å²) in [5, 5.41) is 5.56. The van der Waals surface area contributed by atoms with E-state index in [-0.39, 0.29) is 23.3 Å². The molecule has 1 saturated heterocycles. The fourth-order valence-corrected chi connectivity index (χ4v) is 1.40. The maximum absolute atomic E-state index is 5.72. The molecule has 0 spiro atoms. The molecule has 0 aromatic rings. The molecule has 4 nitrogen and oxygen atoms in total. The summed E-state index contributed by atoms with van der Waals surface area (Å²) in [4.78, 5) is 0. The van der Waals surface area contributed by atoms with E-state index in [1.165, 1.54) is 0 Å². The zero-order chi connectivity index (χ0) is 7.72. The van der Waals surface area contributed by atoms with Crippen molar-refractivity contribution in [2.45, 2.75) is 23.3 Å². The molecule has 1 aliphatic rings. The second kappa shape index (κ2) is 3.21. The van der Waals surface area contributed by atoms with Crippen LogP contribution in [0.25, 0.3) is 0 Å². The molecule has 0 radical (unpaired) electrons. The van der Waals surface area contributed by atoms with Gasteiger partial charge < -0.3 is 11.5 Å². The highest BCUT2D eigenvalue weighted by Gasteiger charge is 2.30. The lowest BCUT2D eigenvalue weighted by Crippen LogP contribution is -2.68. The average molecular weight is 185 g/mol. The van der Waals surface area contributed by atoms with Gasteiger partial charge in [-0.1, -0.05) is 0 Å². The third kappa shape index (κ3) is 1.72. The van der Waals surface area contributed by atoms with Crippen LogP contribution in [0, 0.1) is 0 Å². The van der Waals surface area contributed by atoms with Gasteiger partial charge in [0.05, 0.1) is 6.04 Å².